The van der Waals surface area contributed by atoms with Crippen LogP contribution in [0.3, 0.4) is 0 Å². The lowest BCUT2D eigenvalue weighted by Crippen LogP contribution is -2.39. The van der Waals surface area contributed by atoms with E-state index in [0.29, 0.717) is 11.5 Å². The molecule has 0 aliphatic heterocycles. The Balaban J connectivity index is 1.74. The third kappa shape index (κ3) is 3.50. The van der Waals surface area contributed by atoms with Gasteiger partial charge in [-0.2, -0.15) is 10.1 Å². The summed E-state index contributed by atoms with van der Waals surface area (Å²) in [6, 6.07) is 9.40. The summed E-state index contributed by atoms with van der Waals surface area (Å²) in [5, 5.41) is 4.11. The van der Waals surface area contributed by atoms with Crippen molar-refractivity contribution in [1.82, 2.24) is 23.7 Å². The average Bonchev–Trinajstić information content (AvgIpc) is 3.07. The van der Waals surface area contributed by atoms with Crippen molar-refractivity contribution in [3.05, 3.63) is 86.6 Å². The van der Waals surface area contributed by atoms with Crippen molar-refractivity contribution in [3.8, 4) is 0 Å². The van der Waals surface area contributed by atoms with E-state index in [2.05, 4.69) is 20.5 Å². The summed E-state index contributed by atoms with van der Waals surface area (Å²) in [6.07, 6.45) is 4.87. The minimum absolute atomic E-state index is 0.0493. The van der Waals surface area contributed by atoms with Crippen LogP contribution < -0.4 is 16.7 Å². The second-order valence-electron chi connectivity index (χ2n) is 6.69. The largest absolute Gasteiger partial charge is 0.332 e. The zero-order valence-electron chi connectivity index (χ0n) is 16.3. The number of benzene rings is 1. The number of anilines is 1. The highest BCUT2D eigenvalue weighted by molar-refractivity contribution is 5.80. The fourth-order valence-electron chi connectivity index (χ4n) is 3.12. The van der Waals surface area contributed by atoms with Gasteiger partial charge in [-0.3, -0.25) is 18.9 Å². The second kappa shape index (κ2) is 7.74. The van der Waals surface area contributed by atoms with Crippen LogP contribution in [0.2, 0.25) is 0 Å². The molecule has 10 heteroatoms. The molecule has 3 aromatic heterocycles. The van der Waals surface area contributed by atoms with Crippen LogP contribution in [-0.2, 0) is 20.6 Å². The van der Waals surface area contributed by atoms with E-state index in [9.17, 15) is 14.0 Å². The number of hydrogen-bond donors (Lipinski definition) is 1. The lowest BCUT2D eigenvalue weighted by atomic mass is 10.2. The number of pyridine rings is 1. The van der Waals surface area contributed by atoms with E-state index >= 15 is 0 Å². The van der Waals surface area contributed by atoms with Gasteiger partial charge in [0.1, 0.15) is 5.82 Å². The van der Waals surface area contributed by atoms with Crippen molar-refractivity contribution >= 4 is 23.3 Å². The predicted molar refractivity (Wildman–Crippen MR) is 111 cm³/mol. The van der Waals surface area contributed by atoms with Crippen LogP contribution in [-0.4, -0.2) is 29.9 Å². The van der Waals surface area contributed by atoms with E-state index in [1.54, 1.807) is 37.8 Å². The number of hydrogen-bond acceptors (Lipinski definition) is 6. The lowest BCUT2D eigenvalue weighted by Gasteiger charge is -2.08. The maximum Gasteiger partial charge on any atom is 0.332 e. The number of nitrogens with one attached hydrogen (secondary N) is 1. The fraction of sp³-hybridized carbons (Fsp3) is 0.150. The number of nitrogens with zero attached hydrogens (tertiary/aromatic N) is 6. The molecular formula is C20H18FN7O2. The van der Waals surface area contributed by atoms with Gasteiger partial charge in [-0.25, -0.2) is 14.6 Å². The Kier molecular flexibility index (Phi) is 4.97. The second-order valence-corrected chi connectivity index (χ2v) is 6.69. The number of aromatic nitrogens is 5. The highest BCUT2D eigenvalue weighted by atomic mass is 19.1. The van der Waals surface area contributed by atoms with Gasteiger partial charge in [0.2, 0.25) is 5.95 Å². The molecule has 0 saturated carbocycles. The molecular weight excluding hydrogens is 389 g/mol. The van der Waals surface area contributed by atoms with Crippen molar-refractivity contribution in [2.75, 3.05) is 5.43 Å². The first-order valence-corrected chi connectivity index (χ1v) is 9.05. The highest BCUT2D eigenvalue weighted by Gasteiger charge is 2.18. The molecule has 1 N–H and O–H groups in total. The third-order valence-electron chi connectivity index (χ3n) is 4.65. The third-order valence-corrected chi connectivity index (χ3v) is 4.65. The molecule has 0 amide bonds. The summed E-state index contributed by atoms with van der Waals surface area (Å²) in [6.45, 7) is -0.0493. The first-order chi connectivity index (χ1) is 14.5. The normalized spacial score (nSPS) is 11.4. The summed E-state index contributed by atoms with van der Waals surface area (Å²) in [5.41, 5.74) is 3.47. The molecule has 1 aromatic carbocycles. The number of halogens is 1. The zero-order valence-corrected chi connectivity index (χ0v) is 16.3. The van der Waals surface area contributed by atoms with Crippen LogP contribution >= 0.6 is 0 Å². The van der Waals surface area contributed by atoms with E-state index in [-0.39, 0.29) is 17.7 Å². The highest BCUT2D eigenvalue weighted by Crippen LogP contribution is 2.14. The molecule has 0 radical (unpaired) electrons. The maximum atomic E-state index is 13.5. The zero-order chi connectivity index (χ0) is 21.3. The molecule has 4 rings (SSSR count). The van der Waals surface area contributed by atoms with Crippen molar-refractivity contribution in [2.45, 2.75) is 6.54 Å². The summed E-state index contributed by atoms with van der Waals surface area (Å²) in [7, 11) is 3.18. The van der Waals surface area contributed by atoms with E-state index in [4.69, 9.17) is 0 Å². The molecule has 0 spiro atoms. The van der Waals surface area contributed by atoms with Crippen LogP contribution in [0.5, 0.6) is 0 Å². The molecule has 0 atom stereocenters. The van der Waals surface area contributed by atoms with Gasteiger partial charge < -0.3 is 4.57 Å². The predicted octanol–water partition coefficient (Wildman–Crippen LogP) is 1.46. The molecule has 0 unspecified atom stereocenters. The van der Waals surface area contributed by atoms with Crippen LogP contribution in [0.4, 0.5) is 10.3 Å². The van der Waals surface area contributed by atoms with Gasteiger partial charge in [0, 0.05) is 32.1 Å². The SMILES string of the molecule is Cn1c(NN=Cc2cccnc2)nc2c1c(=O)n(Cc1cccc(F)c1)c(=O)n2C. The van der Waals surface area contributed by atoms with Crippen molar-refractivity contribution in [2.24, 2.45) is 19.2 Å². The molecule has 0 saturated heterocycles. The first kappa shape index (κ1) is 19.2. The molecule has 152 valence electrons. The number of aryl methyl sites for hydroxylation is 2. The van der Waals surface area contributed by atoms with E-state index < -0.39 is 17.1 Å². The molecule has 3 heterocycles. The van der Waals surface area contributed by atoms with Gasteiger partial charge in [0.15, 0.2) is 11.2 Å². The van der Waals surface area contributed by atoms with Crippen molar-refractivity contribution in [1.29, 1.82) is 0 Å². The number of rotatable bonds is 5. The molecule has 9 nitrogen and oxygen atoms in total. The Morgan fingerprint density at radius 2 is 2.00 bits per heavy atom. The quantitative estimate of drug-likeness (QED) is 0.399. The molecule has 0 aliphatic rings. The van der Waals surface area contributed by atoms with Gasteiger partial charge in [0.05, 0.1) is 12.8 Å². The van der Waals surface area contributed by atoms with Crippen molar-refractivity contribution in [3.63, 3.8) is 0 Å². The molecule has 0 aliphatic carbocycles. The Bertz CT molecular complexity index is 1370. The topological polar surface area (TPSA) is 99.1 Å². The summed E-state index contributed by atoms with van der Waals surface area (Å²) in [5.74, 6) is -0.141. The average molecular weight is 407 g/mol. The van der Waals surface area contributed by atoms with Crippen LogP contribution in [0.25, 0.3) is 11.2 Å². The summed E-state index contributed by atoms with van der Waals surface area (Å²) < 4.78 is 17.4. The standard InChI is InChI=1S/C20H18FN7O2/c1-26-16-17(24-19(26)25-23-11-14-6-4-8-22-10-14)27(2)20(30)28(18(16)29)12-13-5-3-7-15(21)9-13/h3-11H,12H2,1-2H3,(H,24,25). The Morgan fingerprint density at radius 1 is 1.17 bits per heavy atom. The Labute approximate surface area is 169 Å². The number of hydrazone groups is 1. The lowest BCUT2D eigenvalue weighted by molar-refractivity contribution is 0.616. The molecule has 0 fully saturated rings. The minimum Gasteiger partial charge on any atom is -0.306 e. The van der Waals surface area contributed by atoms with E-state index in [1.807, 2.05) is 6.07 Å². The first-order valence-electron chi connectivity index (χ1n) is 9.05. The summed E-state index contributed by atoms with van der Waals surface area (Å²) >= 11 is 0. The smallest absolute Gasteiger partial charge is 0.306 e. The van der Waals surface area contributed by atoms with E-state index in [0.717, 1.165) is 10.1 Å². The molecule has 0 bridgehead atoms. The number of fused-ring (bicyclic) bond motifs is 1. The molecule has 4 aromatic rings. The van der Waals surface area contributed by atoms with Crippen molar-refractivity contribution < 1.29 is 4.39 Å². The van der Waals surface area contributed by atoms with Gasteiger partial charge in [-0.1, -0.05) is 18.2 Å². The van der Waals surface area contributed by atoms with Gasteiger partial charge in [-0.15, -0.1) is 0 Å². The number of imidazole rings is 1. The van der Waals surface area contributed by atoms with Crippen LogP contribution in [0.1, 0.15) is 11.1 Å². The van der Waals surface area contributed by atoms with Gasteiger partial charge in [-0.05, 0) is 23.8 Å². The van der Waals surface area contributed by atoms with Gasteiger partial charge in [0.25, 0.3) is 5.56 Å². The molecule has 30 heavy (non-hydrogen) atoms. The maximum absolute atomic E-state index is 13.5. The summed E-state index contributed by atoms with van der Waals surface area (Å²) in [4.78, 5) is 34.1. The minimum atomic E-state index is -0.541. The van der Waals surface area contributed by atoms with E-state index in [1.165, 1.54) is 34.4 Å². The Morgan fingerprint density at radius 3 is 2.73 bits per heavy atom. The fourth-order valence-corrected chi connectivity index (χ4v) is 3.12. The Hall–Kier alpha value is -4.08. The monoisotopic (exact) mass is 407 g/mol. The van der Waals surface area contributed by atoms with Crippen LogP contribution in [0.15, 0.2) is 63.5 Å². The van der Waals surface area contributed by atoms with Gasteiger partial charge >= 0.3 is 5.69 Å². The van der Waals surface area contributed by atoms with Crippen LogP contribution in [0, 0.1) is 5.82 Å².